The van der Waals surface area contributed by atoms with Crippen molar-refractivity contribution in [3.8, 4) is 0 Å². The van der Waals surface area contributed by atoms with Gasteiger partial charge in [-0.05, 0) is 17.7 Å². The van der Waals surface area contributed by atoms with Crippen molar-refractivity contribution in [2.75, 3.05) is 0 Å². The van der Waals surface area contributed by atoms with Gasteiger partial charge in [0.15, 0.2) is 0 Å². The predicted molar refractivity (Wildman–Crippen MR) is 65.4 cm³/mol. The number of aliphatic hydroxyl groups is 1. The first kappa shape index (κ1) is 12.9. The number of benzene rings is 1. The molecule has 5 heteroatoms. The summed E-state index contributed by atoms with van der Waals surface area (Å²) in [6.45, 7) is 0. The smallest absolute Gasteiger partial charge is 0.220 e. The zero-order valence-corrected chi connectivity index (χ0v) is 10.2. The van der Waals surface area contributed by atoms with Gasteiger partial charge in [-0.15, -0.1) is 0 Å². The van der Waals surface area contributed by atoms with Gasteiger partial charge < -0.3 is 16.2 Å². The maximum atomic E-state index is 10.6. The molecule has 0 bridgehead atoms. The molecule has 4 N–H and O–H groups in total. The molecule has 0 saturated carbocycles. The van der Waals surface area contributed by atoms with Crippen LogP contribution in [0.2, 0.25) is 0 Å². The average molecular weight is 285 g/mol. The lowest BCUT2D eigenvalue weighted by molar-refractivity contribution is -0.119. The lowest BCUT2D eigenvalue weighted by Gasteiger charge is -2.09. The van der Waals surface area contributed by atoms with Crippen LogP contribution in [0.1, 0.15) is 18.4 Å². The Morgan fingerprint density at radius 2 is 1.94 bits per heavy atom. The first-order chi connectivity index (χ1) is 7.49. The van der Waals surface area contributed by atoms with Gasteiger partial charge in [0.2, 0.25) is 5.91 Å². The molecule has 0 aliphatic heterocycles. The van der Waals surface area contributed by atoms with Gasteiger partial charge in [-0.3, -0.25) is 4.79 Å². The van der Waals surface area contributed by atoms with Crippen LogP contribution in [0, 0.1) is 5.41 Å². The van der Waals surface area contributed by atoms with Crippen LogP contribution in [0.15, 0.2) is 28.7 Å². The molecule has 0 saturated heterocycles. The molecule has 4 nitrogen and oxygen atoms in total. The van der Waals surface area contributed by atoms with Crippen molar-refractivity contribution in [1.82, 2.24) is 0 Å². The summed E-state index contributed by atoms with van der Waals surface area (Å²) in [5, 5.41) is 17.2. The number of rotatable bonds is 5. The fourth-order valence-corrected chi connectivity index (χ4v) is 1.57. The minimum atomic E-state index is -0.881. The largest absolute Gasteiger partial charge is 0.392 e. The molecule has 0 aliphatic carbocycles. The van der Waals surface area contributed by atoms with E-state index in [1.165, 1.54) is 0 Å². The number of hydrogen-bond acceptors (Lipinski definition) is 3. The standard InChI is InChI=1S/C11H13BrN2O2/c12-8-3-1-7(2-4-8)10(13)5-9(15)6-11(14)16/h1-4,9,13,15H,5-6H2,(H2,14,16)/t9-/m1/s1. The van der Waals surface area contributed by atoms with Gasteiger partial charge in [0.05, 0.1) is 12.5 Å². The van der Waals surface area contributed by atoms with E-state index in [9.17, 15) is 9.90 Å². The second-order valence-corrected chi connectivity index (χ2v) is 4.43. The Bertz CT molecular complexity index is 389. The highest BCUT2D eigenvalue weighted by molar-refractivity contribution is 9.10. The first-order valence-corrected chi connectivity index (χ1v) is 5.58. The third kappa shape index (κ3) is 4.12. The maximum absolute atomic E-state index is 10.6. The molecule has 0 heterocycles. The predicted octanol–water partition coefficient (Wildman–Crippen LogP) is 1.44. The van der Waals surface area contributed by atoms with E-state index in [1.54, 1.807) is 12.1 Å². The molecule has 0 radical (unpaired) electrons. The molecule has 1 amide bonds. The third-order valence-electron chi connectivity index (χ3n) is 2.07. The number of carbonyl (C=O) groups excluding carboxylic acids is 1. The fourth-order valence-electron chi connectivity index (χ4n) is 1.31. The van der Waals surface area contributed by atoms with Gasteiger partial charge in [0.1, 0.15) is 0 Å². The van der Waals surface area contributed by atoms with Gasteiger partial charge in [0, 0.05) is 16.6 Å². The van der Waals surface area contributed by atoms with Crippen molar-refractivity contribution in [2.24, 2.45) is 5.73 Å². The number of halogens is 1. The summed E-state index contributed by atoms with van der Waals surface area (Å²) in [6.07, 6.45) is -0.864. The Balaban J connectivity index is 2.58. The summed E-state index contributed by atoms with van der Waals surface area (Å²) in [5.41, 5.74) is 5.97. The molecule has 0 unspecified atom stereocenters. The number of aliphatic hydroxyl groups excluding tert-OH is 1. The van der Waals surface area contributed by atoms with Gasteiger partial charge in [-0.25, -0.2) is 0 Å². The van der Waals surface area contributed by atoms with Crippen LogP contribution in [0.3, 0.4) is 0 Å². The normalized spacial score (nSPS) is 12.1. The second-order valence-electron chi connectivity index (χ2n) is 3.51. The monoisotopic (exact) mass is 284 g/mol. The molecule has 1 aromatic carbocycles. The van der Waals surface area contributed by atoms with Gasteiger partial charge >= 0.3 is 0 Å². The highest BCUT2D eigenvalue weighted by Crippen LogP contribution is 2.13. The molecule has 1 rings (SSSR count). The van der Waals surface area contributed by atoms with E-state index < -0.39 is 12.0 Å². The number of nitrogens with two attached hydrogens (primary N) is 1. The lowest BCUT2D eigenvalue weighted by atomic mass is 10.0. The zero-order valence-electron chi connectivity index (χ0n) is 8.61. The van der Waals surface area contributed by atoms with Crippen molar-refractivity contribution in [1.29, 1.82) is 5.41 Å². The summed E-state index contributed by atoms with van der Waals surface area (Å²) >= 11 is 3.30. The Kier molecular flexibility index (Phi) is 4.64. The second kappa shape index (κ2) is 5.77. The highest BCUT2D eigenvalue weighted by Gasteiger charge is 2.11. The number of carbonyl (C=O) groups is 1. The molecule has 0 aliphatic rings. The van der Waals surface area contributed by atoms with Crippen LogP contribution in [-0.4, -0.2) is 22.8 Å². The van der Waals surface area contributed by atoms with E-state index in [0.29, 0.717) is 5.71 Å². The molecule has 1 aromatic rings. The Morgan fingerprint density at radius 3 is 2.44 bits per heavy atom. The number of primary amides is 1. The van der Waals surface area contributed by atoms with E-state index in [-0.39, 0.29) is 12.8 Å². The maximum Gasteiger partial charge on any atom is 0.220 e. The molecule has 86 valence electrons. The zero-order chi connectivity index (χ0) is 12.1. The van der Waals surface area contributed by atoms with Crippen LogP contribution in [0.5, 0.6) is 0 Å². The molecule has 0 aromatic heterocycles. The van der Waals surface area contributed by atoms with E-state index >= 15 is 0 Å². The number of amides is 1. The van der Waals surface area contributed by atoms with Crippen molar-refractivity contribution in [3.05, 3.63) is 34.3 Å². The molecule has 0 fully saturated rings. The Morgan fingerprint density at radius 1 is 1.38 bits per heavy atom. The van der Waals surface area contributed by atoms with Gasteiger partial charge in [-0.2, -0.15) is 0 Å². The molecular formula is C11H13BrN2O2. The summed E-state index contributed by atoms with van der Waals surface area (Å²) in [6, 6.07) is 7.21. The van der Waals surface area contributed by atoms with Crippen LogP contribution in [0.4, 0.5) is 0 Å². The van der Waals surface area contributed by atoms with E-state index in [1.807, 2.05) is 12.1 Å². The Labute approximate surface area is 102 Å². The van der Waals surface area contributed by atoms with Gasteiger partial charge in [-0.1, -0.05) is 28.1 Å². The SMILES string of the molecule is N=C(C[C@@H](O)CC(N)=O)c1ccc(Br)cc1. The van der Waals surface area contributed by atoms with Crippen molar-refractivity contribution in [3.63, 3.8) is 0 Å². The highest BCUT2D eigenvalue weighted by atomic mass is 79.9. The van der Waals surface area contributed by atoms with E-state index in [2.05, 4.69) is 15.9 Å². The third-order valence-corrected chi connectivity index (χ3v) is 2.60. The van der Waals surface area contributed by atoms with Crippen LogP contribution >= 0.6 is 15.9 Å². The molecule has 0 spiro atoms. The molecular weight excluding hydrogens is 272 g/mol. The minimum absolute atomic E-state index is 0.112. The number of hydrogen-bond donors (Lipinski definition) is 3. The van der Waals surface area contributed by atoms with Gasteiger partial charge in [0.25, 0.3) is 0 Å². The summed E-state index contributed by atoms with van der Waals surface area (Å²) in [4.78, 5) is 10.6. The van der Waals surface area contributed by atoms with Crippen molar-refractivity contribution < 1.29 is 9.90 Å². The topological polar surface area (TPSA) is 87.2 Å². The summed E-state index contributed by atoms with van der Waals surface area (Å²) in [7, 11) is 0. The van der Waals surface area contributed by atoms with E-state index in [0.717, 1.165) is 10.0 Å². The summed E-state index contributed by atoms with van der Waals surface area (Å²) in [5.74, 6) is -0.559. The first-order valence-electron chi connectivity index (χ1n) is 4.78. The Hall–Kier alpha value is -1.20. The number of nitrogens with one attached hydrogen (secondary N) is 1. The molecule has 1 atom stereocenters. The fraction of sp³-hybridized carbons (Fsp3) is 0.273. The lowest BCUT2D eigenvalue weighted by Crippen LogP contribution is -2.22. The molecule has 16 heavy (non-hydrogen) atoms. The van der Waals surface area contributed by atoms with Crippen molar-refractivity contribution in [2.45, 2.75) is 18.9 Å². The average Bonchev–Trinajstić information content (AvgIpc) is 2.16. The summed E-state index contributed by atoms with van der Waals surface area (Å²) < 4.78 is 0.932. The van der Waals surface area contributed by atoms with Crippen molar-refractivity contribution >= 4 is 27.5 Å². The van der Waals surface area contributed by atoms with E-state index in [4.69, 9.17) is 11.1 Å². The minimum Gasteiger partial charge on any atom is -0.392 e. The van der Waals surface area contributed by atoms with Crippen LogP contribution < -0.4 is 5.73 Å². The van der Waals surface area contributed by atoms with Crippen LogP contribution in [-0.2, 0) is 4.79 Å². The van der Waals surface area contributed by atoms with Crippen LogP contribution in [0.25, 0.3) is 0 Å². The quantitative estimate of drug-likeness (QED) is 0.715.